The van der Waals surface area contributed by atoms with Crippen molar-refractivity contribution >= 4 is 0 Å². The van der Waals surface area contributed by atoms with Gasteiger partial charge in [-0.25, -0.2) is 0 Å². The third-order valence-corrected chi connectivity index (χ3v) is 3.23. The molecular formula is C12H21N3O. The molecule has 0 aliphatic carbocycles. The van der Waals surface area contributed by atoms with Crippen LogP contribution in [0, 0.1) is 0 Å². The predicted molar refractivity (Wildman–Crippen MR) is 63.0 cm³/mol. The van der Waals surface area contributed by atoms with Crippen molar-refractivity contribution in [3.63, 3.8) is 0 Å². The summed E-state index contributed by atoms with van der Waals surface area (Å²) in [5.41, 5.74) is 7.24. The van der Waals surface area contributed by atoms with Crippen molar-refractivity contribution in [3.8, 4) is 0 Å². The van der Waals surface area contributed by atoms with Gasteiger partial charge in [0.2, 0.25) is 0 Å². The van der Waals surface area contributed by atoms with Crippen molar-refractivity contribution in [2.75, 3.05) is 6.61 Å². The van der Waals surface area contributed by atoms with Crippen LogP contribution in [0.25, 0.3) is 0 Å². The molecule has 2 heterocycles. The highest BCUT2D eigenvalue weighted by atomic mass is 16.5. The zero-order chi connectivity index (χ0) is 11.4. The highest BCUT2D eigenvalue weighted by molar-refractivity contribution is 5.09. The van der Waals surface area contributed by atoms with Crippen molar-refractivity contribution in [2.45, 2.75) is 44.2 Å². The Bertz CT molecular complexity index is 318. The molecule has 2 rings (SSSR count). The minimum atomic E-state index is 0.0965. The second-order valence-electron chi connectivity index (χ2n) is 4.62. The maximum Gasteiger partial charge on any atom is 0.0575 e. The smallest absolute Gasteiger partial charge is 0.0575 e. The van der Waals surface area contributed by atoms with E-state index in [1.165, 1.54) is 19.3 Å². The van der Waals surface area contributed by atoms with Crippen LogP contribution in [0.4, 0.5) is 0 Å². The van der Waals surface area contributed by atoms with Gasteiger partial charge < -0.3 is 10.5 Å². The van der Waals surface area contributed by atoms with Crippen LogP contribution < -0.4 is 5.73 Å². The Hall–Kier alpha value is -0.870. The summed E-state index contributed by atoms with van der Waals surface area (Å²) in [7, 11) is 1.92. The van der Waals surface area contributed by atoms with Crippen molar-refractivity contribution in [1.29, 1.82) is 0 Å². The molecule has 0 amide bonds. The van der Waals surface area contributed by atoms with Crippen LogP contribution in [0.5, 0.6) is 0 Å². The summed E-state index contributed by atoms with van der Waals surface area (Å²) in [4.78, 5) is 0. The fraction of sp³-hybridized carbons (Fsp3) is 0.750. The molecule has 0 aromatic carbocycles. The van der Waals surface area contributed by atoms with Crippen LogP contribution in [0.15, 0.2) is 12.4 Å². The maximum atomic E-state index is 6.12. The molecule has 0 radical (unpaired) electrons. The lowest BCUT2D eigenvalue weighted by atomic mass is 10.00. The second kappa shape index (κ2) is 5.46. The first kappa shape index (κ1) is 11.6. The minimum absolute atomic E-state index is 0.0965. The van der Waals surface area contributed by atoms with Gasteiger partial charge in [0.05, 0.1) is 12.3 Å². The first-order chi connectivity index (χ1) is 7.75. The molecule has 1 aromatic rings. The Morgan fingerprint density at radius 3 is 3.12 bits per heavy atom. The molecule has 0 bridgehead atoms. The molecule has 1 aromatic heterocycles. The van der Waals surface area contributed by atoms with E-state index >= 15 is 0 Å². The lowest BCUT2D eigenvalue weighted by Gasteiger charge is -2.23. The van der Waals surface area contributed by atoms with E-state index in [0.29, 0.717) is 6.10 Å². The van der Waals surface area contributed by atoms with Crippen molar-refractivity contribution in [3.05, 3.63) is 18.0 Å². The topological polar surface area (TPSA) is 53.1 Å². The molecule has 1 aliphatic rings. The summed E-state index contributed by atoms with van der Waals surface area (Å²) in [6, 6.07) is 0.0965. The van der Waals surface area contributed by atoms with Gasteiger partial charge in [-0.2, -0.15) is 5.10 Å². The van der Waals surface area contributed by atoms with Gasteiger partial charge in [0.25, 0.3) is 0 Å². The van der Waals surface area contributed by atoms with E-state index in [4.69, 9.17) is 10.5 Å². The molecule has 0 spiro atoms. The number of rotatable bonds is 4. The SMILES string of the molecule is Cn1cc(C(N)CCC2CCCCO2)cn1. The molecule has 1 fully saturated rings. The molecular weight excluding hydrogens is 202 g/mol. The summed E-state index contributed by atoms with van der Waals surface area (Å²) in [5, 5.41) is 4.14. The lowest BCUT2D eigenvalue weighted by molar-refractivity contribution is 0.00912. The van der Waals surface area contributed by atoms with Crippen LogP contribution in [0.2, 0.25) is 0 Å². The molecule has 16 heavy (non-hydrogen) atoms. The Morgan fingerprint density at radius 2 is 2.50 bits per heavy atom. The normalized spacial score (nSPS) is 23.2. The standard InChI is InChI=1S/C12H21N3O/c1-15-9-10(8-14-15)12(13)6-5-11-4-2-3-7-16-11/h8-9,11-12H,2-7,13H2,1H3. The zero-order valence-corrected chi connectivity index (χ0v) is 9.93. The van der Waals surface area contributed by atoms with Crippen LogP contribution in [-0.2, 0) is 11.8 Å². The maximum absolute atomic E-state index is 6.12. The summed E-state index contributed by atoms with van der Waals surface area (Å²) in [5.74, 6) is 0. The summed E-state index contributed by atoms with van der Waals surface area (Å²) in [6.45, 7) is 0.923. The van der Waals surface area contributed by atoms with E-state index in [-0.39, 0.29) is 6.04 Å². The third kappa shape index (κ3) is 3.06. The van der Waals surface area contributed by atoms with Gasteiger partial charge in [-0.1, -0.05) is 0 Å². The number of hydrogen-bond acceptors (Lipinski definition) is 3. The van der Waals surface area contributed by atoms with Gasteiger partial charge in [0.15, 0.2) is 0 Å². The van der Waals surface area contributed by atoms with E-state index in [2.05, 4.69) is 5.10 Å². The first-order valence-electron chi connectivity index (χ1n) is 6.11. The Labute approximate surface area is 96.8 Å². The van der Waals surface area contributed by atoms with Crippen LogP contribution >= 0.6 is 0 Å². The van der Waals surface area contributed by atoms with Crippen molar-refractivity contribution < 1.29 is 4.74 Å². The largest absolute Gasteiger partial charge is 0.378 e. The van der Waals surface area contributed by atoms with Gasteiger partial charge in [0, 0.05) is 31.5 Å². The average Bonchev–Trinajstić information content (AvgIpc) is 2.74. The van der Waals surface area contributed by atoms with E-state index in [1.807, 2.05) is 19.4 Å². The number of aryl methyl sites for hydroxylation is 1. The van der Waals surface area contributed by atoms with E-state index in [9.17, 15) is 0 Å². The summed E-state index contributed by atoms with van der Waals surface area (Å²) < 4.78 is 7.49. The van der Waals surface area contributed by atoms with Crippen molar-refractivity contribution in [1.82, 2.24) is 9.78 Å². The zero-order valence-electron chi connectivity index (χ0n) is 9.93. The average molecular weight is 223 g/mol. The fourth-order valence-corrected chi connectivity index (χ4v) is 2.20. The second-order valence-corrected chi connectivity index (χ2v) is 4.62. The third-order valence-electron chi connectivity index (χ3n) is 3.23. The highest BCUT2D eigenvalue weighted by Crippen LogP contribution is 2.21. The molecule has 1 saturated heterocycles. The van der Waals surface area contributed by atoms with Gasteiger partial charge in [0.1, 0.15) is 0 Å². The van der Waals surface area contributed by atoms with Crippen molar-refractivity contribution in [2.24, 2.45) is 12.8 Å². The van der Waals surface area contributed by atoms with Gasteiger partial charge in [-0.3, -0.25) is 4.68 Å². The molecule has 2 unspecified atom stereocenters. The lowest BCUT2D eigenvalue weighted by Crippen LogP contribution is -2.21. The number of nitrogens with two attached hydrogens (primary N) is 1. The van der Waals surface area contributed by atoms with Gasteiger partial charge >= 0.3 is 0 Å². The molecule has 1 aliphatic heterocycles. The Kier molecular flexibility index (Phi) is 3.96. The fourth-order valence-electron chi connectivity index (χ4n) is 2.20. The van der Waals surface area contributed by atoms with Crippen LogP contribution in [0.3, 0.4) is 0 Å². The molecule has 4 heteroatoms. The predicted octanol–water partition coefficient (Wildman–Crippen LogP) is 1.77. The number of hydrogen-bond donors (Lipinski definition) is 1. The highest BCUT2D eigenvalue weighted by Gasteiger charge is 2.16. The summed E-state index contributed by atoms with van der Waals surface area (Å²) in [6.07, 6.45) is 10.0. The molecule has 4 nitrogen and oxygen atoms in total. The molecule has 0 saturated carbocycles. The first-order valence-corrected chi connectivity index (χ1v) is 6.11. The molecule has 90 valence electrons. The number of aromatic nitrogens is 2. The van der Waals surface area contributed by atoms with Gasteiger partial charge in [-0.05, 0) is 32.1 Å². The van der Waals surface area contributed by atoms with Gasteiger partial charge in [-0.15, -0.1) is 0 Å². The van der Waals surface area contributed by atoms with E-state index in [1.54, 1.807) is 4.68 Å². The number of nitrogens with zero attached hydrogens (tertiary/aromatic N) is 2. The van der Waals surface area contributed by atoms with Crippen LogP contribution in [0.1, 0.15) is 43.7 Å². The molecule has 2 atom stereocenters. The monoisotopic (exact) mass is 223 g/mol. The molecule has 2 N–H and O–H groups in total. The summed E-state index contributed by atoms with van der Waals surface area (Å²) >= 11 is 0. The number of ether oxygens (including phenoxy) is 1. The Balaban J connectivity index is 1.76. The quantitative estimate of drug-likeness (QED) is 0.846. The van der Waals surface area contributed by atoms with E-state index < -0.39 is 0 Å². The minimum Gasteiger partial charge on any atom is -0.378 e. The Morgan fingerprint density at radius 1 is 1.62 bits per heavy atom. The van der Waals surface area contributed by atoms with E-state index in [0.717, 1.165) is 25.0 Å². The van der Waals surface area contributed by atoms with Crippen LogP contribution in [-0.4, -0.2) is 22.5 Å².